The van der Waals surface area contributed by atoms with E-state index in [-0.39, 0.29) is 11.8 Å². The monoisotopic (exact) mass is 202 g/mol. The summed E-state index contributed by atoms with van der Waals surface area (Å²) in [4.78, 5) is 3.90. The van der Waals surface area contributed by atoms with Gasteiger partial charge < -0.3 is 10.2 Å². The molecule has 0 fully saturated rings. The Kier molecular flexibility index (Phi) is 1.48. The lowest BCUT2D eigenvalue weighted by atomic mass is 10.1. The van der Waals surface area contributed by atoms with Gasteiger partial charge in [0.15, 0.2) is 5.58 Å². The molecule has 1 aromatic heterocycles. The van der Waals surface area contributed by atoms with E-state index in [0.717, 1.165) is 0 Å². The minimum Gasteiger partial charge on any atom is -0.423 e. The molecule has 3 rings (SSSR count). The zero-order chi connectivity index (χ0) is 10.4. The third-order valence-corrected chi connectivity index (χ3v) is 2.36. The van der Waals surface area contributed by atoms with Crippen LogP contribution in [-0.4, -0.2) is 4.98 Å². The summed E-state index contributed by atoms with van der Waals surface area (Å²) in [6.07, 6.45) is 0. The van der Waals surface area contributed by atoms with Crippen LogP contribution in [0.1, 0.15) is 0 Å². The Labute approximate surface area is 84.3 Å². The number of nitrogens with zero attached hydrogens (tertiary/aromatic N) is 1. The van der Waals surface area contributed by atoms with Crippen LogP contribution in [0.25, 0.3) is 21.9 Å². The third-order valence-electron chi connectivity index (χ3n) is 2.36. The number of hydrogen-bond donors (Lipinski definition) is 1. The summed E-state index contributed by atoms with van der Waals surface area (Å²) in [5.41, 5.74) is 6.41. The SMILES string of the molecule is Nc1nc2cc(F)c3ccccc3c2o1. The summed E-state index contributed by atoms with van der Waals surface area (Å²) < 4.78 is 18.8. The molecule has 0 radical (unpaired) electrons. The third kappa shape index (κ3) is 1.08. The van der Waals surface area contributed by atoms with Gasteiger partial charge in [-0.15, -0.1) is 0 Å². The summed E-state index contributed by atoms with van der Waals surface area (Å²) >= 11 is 0. The van der Waals surface area contributed by atoms with E-state index in [1.54, 1.807) is 18.2 Å². The summed E-state index contributed by atoms with van der Waals surface area (Å²) in [5, 5.41) is 1.21. The summed E-state index contributed by atoms with van der Waals surface area (Å²) in [7, 11) is 0. The first kappa shape index (κ1) is 8.23. The van der Waals surface area contributed by atoms with Crippen molar-refractivity contribution in [3.8, 4) is 0 Å². The van der Waals surface area contributed by atoms with Crippen molar-refractivity contribution in [1.29, 1.82) is 0 Å². The minimum atomic E-state index is -0.314. The van der Waals surface area contributed by atoms with E-state index in [4.69, 9.17) is 10.2 Å². The van der Waals surface area contributed by atoms with Crippen LogP contribution in [0.2, 0.25) is 0 Å². The number of oxazole rings is 1. The molecule has 0 atom stereocenters. The van der Waals surface area contributed by atoms with E-state index in [9.17, 15) is 4.39 Å². The molecule has 74 valence electrons. The van der Waals surface area contributed by atoms with Crippen molar-refractivity contribution in [3.63, 3.8) is 0 Å². The number of fused-ring (bicyclic) bond motifs is 3. The highest BCUT2D eigenvalue weighted by molar-refractivity contribution is 6.03. The molecule has 0 unspecified atom stereocenters. The summed E-state index contributed by atoms with van der Waals surface area (Å²) in [6, 6.07) is 8.46. The van der Waals surface area contributed by atoms with Gasteiger partial charge in [0, 0.05) is 16.8 Å². The fourth-order valence-electron chi connectivity index (χ4n) is 1.73. The maximum atomic E-state index is 13.6. The molecular formula is C11H7FN2O. The number of hydrogen-bond acceptors (Lipinski definition) is 3. The number of halogens is 1. The second-order valence-corrected chi connectivity index (χ2v) is 3.30. The van der Waals surface area contributed by atoms with Crippen LogP contribution >= 0.6 is 0 Å². The molecule has 0 aliphatic rings. The van der Waals surface area contributed by atoms with Crippen LogP contribution in [0, 0.1) is 5.82 Å². The van der Waals surface area contributed by atoms with Crippen molar-refractivity contribution in [2.45, 2.75) is 0 Å². The highest BCUT2D eigenvalue weighted by atomic mass is 19.1. The fraction of sp³-hybridized carbons (Fsp3) is 0. The highest BCUT2D eigenvalue weighted by Crippen LogP contribution is 2.28. The highest BCUT2D eigenvalue weighted by Gasteiger charge is 2.10. The summed E-state index contributed by atoms with van der Waals surface area (Å²) in [6.45, 7) is 0. The van der Waals surface area contributed by atoms with Crippen molar-refractivity contribution >= 4 is 27.9 Å². The average molecular weight is 202 g/mol. The Morgan fingerprint density at radius 3 is 2.73 bits per heavy atom. The quantitative estimate of drug-likeness (QED) is 0.609. The van der Waals surface area contributed by atoms with Crippen molar-refractivity contribution in [2.24, 2.45) is 0 Å². The number of benzene rings is 2. The van der Waals surface area contributed by atoms with E-state index in [0.29, 0.717) is 21.9 Å². The van der Waals surface area contributed by atoms with Gasteiger partial charge >= 0.3 is 0 Å². The molecule has 15 heavy (non-hydrogen) atoms. The van der Waals surface area contributed by atoms with Gasteiger partial charge in [-0.1, -0.05) is 24.3 Å². The van der Waals surface area contributed by atoms with Crippen LogP contribution < -0.4 is 5.73 Å². The minimum absolute atomic E-state index is 0.0563. The predicted octanol–water partition coefficient (Wildman–Crippen LogP) is 2.70. The van der Waals surface area contributed by atoms with Crippen molar-refractivity contribution in [3.05, 3.63) is 36.1 Å². The lowest BCUT2D eigenvalue weighted by Crippen LogP contribution is -1.81. The first-order valence-electron chi connectivity index (χ1n) is 4.49. The molecule has 0 spiro atoms. The lowest BCUT2D eigenvalue weighted by molar-refractivity contribution is 0.626. The van der Waals surface area contributed by atoms with Gasteiger partial charge in [-0.25, -0.2) is 4.39 Å². The lowest BCUT2D eigenvalue weighted by Gasteiger charge is -1.98. The van der Waals surface area contributed by atoms with Crippen LogP contribution in [0.4, 0.5) is 10.4 Å². The molecule has 1 heterocycles. The van der Waals surface area contributed by atoms with E-state index in [1.165, 1.54) is 6.07 Å². The maximum Gasteiger partial charge on any atom is 0.293 e. The summed E-state index contributed by atoms with van der Waals surface area (Å²) in [5.74, 6) is -0.314. The first-order chi connectivity index (χ1) is 7.25. The molecule has 3 aromatic rings. The zero-order valence-corrected chi connectivity index (χ0v) is 7.70. The van der Waals surface area contributed by atoms with E-state index in [2.05, 4.69) is 4.98 Å². The van der Waals surface area contributed by atoms with Crippen molar-refractivity contribution in [1.82, 2.24) is 4.98 Å². The normalized spacial score (nSPS) is 11.3. The van der Waals surface area contributed by atoms with Gasteiger partial charge in [0.25, 0.3) is 6.01 Å². The van der Waals surface area contributed by atoms with Crippen LogP contribution in [0.5, 0.6) is 0 Å². The molecular weight excluding hydrogens is 195 g/mol. The molecule has 0 saturated heterocycles. The van der Waals surface area contributed by atoms with Gasteiger partial charge in [0.1, 0.15) is 11.3 Å². The molecule has 0 aliphatic heterocycles. The standard InChI is InChI=1S/C11H7FN2O/c12-8-5-9-10(15-11(13)14-9)7-4-2-1-3-6(7)8/h1-5H,(H2,13,14). The van der Waals surface area contributed by atoms with E-state index in [1.807, 2.05) is 6.07 Å². The molecule has 2 N–H and O–H groups in total. The van der Waals surface area contributed by atoms with E-state index < -0.39 is 0 Å². The largest absolute Gasteiger partial charge is 0.423 e. The topological polar surface area (TPSA) is 52.0 Å². The van der Waals surface area contributed by atoms with Gasteiger partial charge in [0.05, 0.1) is 0 Å². The molecule has 3 nitrogen and oxygen atoms in total. The van der Waals surface area contributed by atoms with Crippen LogP contribution in [-0.2, 0) is 0 Å². The van der Waals surface area contributed by atoms with Crippen molar-refractivity contribution < 1.29 is 8.81 Å². The molecule has 0 aliphatic carbocycles. The Hall–Kier alpha value is -2.10. The Morgan fingerprint density at radius 1 is 1.20 bits per heavy atom. The molecule has 0 bridgehead atoms. The average Bonchev–Trinajstić information content (AvgIpc) is 2.59. The predicted molar refractivity (Wildman–Crippen MR) is 55.9 cm³/mol. The first-order valence-corrected chi connectivity index (χ1v) is 4.49. The van der Waals surface area contributed by atoms with Crippen molar-refractivity contribution in [2.75, 3.05) is 5.73 Å². The van der Waals surface area contributed by atoms with Gasteiger partial charge in [-0.3, -0.25) is 0 Å². The Morgan fingerprint density at radius 2 is 1.93 bits per heavy atom. The number of rotatable bonds is 0. The van der Waals surface area contributed by atoms with Crippen LogP contribution in [0.3, 0.4) is 0 Å². The molecule has 2 aromatic carbocycles. The number of anilines is 1. The van der Waals surface area contributed by atoms with Crippen LogP contribution in [0.15, 0.2) is 34.7 Å². The maximum absolute atomic E-state index is 13.6. The van der Waals surface area contributed by atoms with Gasteiger partial charge in [-0.2, -0.15) is 4.98 Å². The number of nitrogens with two attached hydrogens (primary N) is 1. The van der Waals surface area contributed by atoms with Gasteiger partial charge in [0.2, 0.25) is 0 Å². The Balaban J connectivity index is 2.62. The fourth-order valence-corrected chi connectivity index (χ4v) is 1.73. The molecule has 0 amide bonds. The second-order valence-electron chi connectivity index (χ2n) is 3.30. The Bertz CT molecular complexity index is 660. The van der Waals surface area contributed by atoms with Gasteiger partial charge in [-0.05, 0) is 0 Å². The number of aromatic nitrogens is 1. The molecule has 0 saturated carbocycles. The molecule has 4 heteroatoms. The number of nitrogen functional groups attached to an aromatic ring is 1. The second kappa shape index (κ2) is 2.70. The zero-order valence-electron chi connectivity index (χ0n) is 7.70. The van der Waals surface area contributed by atoms with E-state index >= 15 is 0 Å². The smallest absolute Gasteiger partial charge is 0.293 e.